The smallest absolute Gasteiger partial charge is 0.444 e. The van der Waals surface area contributed by atoms with Crippen LogP contribution in [-0.2, 0) is 37.4 Å². The first-order valence-corrected chi connectivity index (χ1v) is 20.8. The fourth-order valence-electron chi connectivity index (χ4n) is 5.18. The molecular formula is C41H66B3BrCl2N2O10. The van der Waals surface area contributed by atoms with Crippen LogP contribution in [0.2, 0.25) is 10.0 Å². The molecule has 3 heterocycles. The quantitative estimate of drug-likeness (QED) is 0.286. The van der Waals surface area contributed by atoms with Crippen molar-refractivity contribution in [3.63, 3.8) is 0 Å². The second kappa shape index (κ2) is 18.8. The number of ether oxygens (including phenoxy) is 2. The van der Waals surface area contributed by atoms with E-state index in [2.05, 4.69) is 26.6 Å². The van der Waals surface area contributed by atoms with E-state index < -0.39 is 55.7 Å². The predicted molar refractivity (Wildman–Crippen MR) is 245 cm³/mol. The van der Waals surface area contributed by atoms with Gasteiger partial charge in [0.1, 0.15) is 11.2 Å². The van der Waals surface area contributed by atoms with E-state index in [9.17, 15) is 9.59 Å². The van der Waals surface area contributed by atoms with E-state index in [1.165, 1.54) is 0 Å². The summed E-state index contributed by atoms with van der Waals surface area (Å²) in [5.41, 5.74) is -1.50. The molecule has 5 rings (SSSR count). The topological polar surface area (TPSA) is 132 Å². The fraction of sp³-hybridized carbons (Fsp3) is 0.659. The molecule has 0 radical (unpaired) electrons. The molecule has 3 saturated heterocycles. The average molecular weight is 930 g/mol. The summed E-state index contributed by atoms with van der Waals surface area (Å²) >= 11 is 15.5. The van der Waals surface area contributed by atoms with Crippen LogP contribution in [0, 0.1) is 0 Å². The van der Waals surface area contributed by atoms with E-state index >= 15 is 0 Å². The van der Waals surface area contributed by atoms with Crippen molar-refractivity contribution in [1.82, 2.24) is 0 Å². The van der Waals surface area contributed by atoms with Crippen molar-refractivity contribution in [2.24, 2.45) is 0 Å². The molecule has 0 aromatic heterocycles. The van der Waals surface area contributed by atoms with Crippen LogP contribution >= 0.6 is 39.1 Å². The second-order valence-corrected chi connectivity index (χ2v) is 21.1. The zero-order chi connectivity index (χ0) is 44.7. The van der Waals surface area contributed by atoms with Crippen LogP contribution in [0.4, 0.5) is 21.0 Å². The Morgan fingerprint density at radius 2 is 0.864 bits per heavy atom. The van der Waals surface area contributed by atoms with Crippen LogP contribution in [-0.4, -0.2) is 78.1 Å². The first kappa shape index (κ1) is 53.1. The first-order chi connectivity index (χ1) is 26.0. The molecule has 0 atom stereocenters. The van der Waals surface area contributed by atoms with Gasteiger partial charge in [-0.2, -0.15) is 0 Å². The largest absolute Gasteiger partial charge is 0.496 e. The molecule has 18 heteroatoms. The van der Waals surface area contributed by atoms with Gasteiger partial charge in [-0.15, -0.1) is 0 Å². The number of anilines is 2. The van der Waals surface area contributed by atoms with Crippen molar-refractivity contribution in [3.8, 4) is 0 Å². The number of halogens is 3. The van der Waals surface area contributed by atoms with Crippen LogP contribution in [0.1, 0.15) is 132 Å². The molecule has 2 N–H and O–H groups in total. The van der Waals surface area contributed by atoms with E-state index in [-0.39, 0.29) is 29.8 Å². The molecular weight excluding hydrogens is 864 g/mol. The Morgan fingerprint density at radius 1 is 0.559 bits per heavy atom. The van der Waals surface area contributed by atoms with Gasteiger partial charge in [0.25, 0.3) is 0 Å². The SMILES string of the molecule is C.CC(C)(C)OC(=O)Nc1ccc(B2OC(C)(C)C(C)(C)O2)c(Cl)c1.CC(C)(C)OC(=O)Nc1ccc(Br)c(Cl)c1.CC1(C)OB(B2OC(C)(C)C(C)(C)O2)OC1(C)C. The summed E-state index contributed by atoms with van der Waals surface area (Å²) in [6.07, 6.45) is -1.02. The Bertz CT molecular complexity index is 1720. The maximum atomic E-state index is 11.8. The predicted octanol–water partition coefficient (Wildman–Crippen LogP) is 11.3. The molecule has 2 aromatic carbocycles. The summed E-state index contributed by atoms with van der Waals surface area (Å²) in [7, 11) is -1.50. The molecule has 3 fully saturated rings. The standard InChI is InChI=1S/C17H25BClNO4.C12H24B2O4.C11H13BrClNO2.CH4/c1-15(2,3)22-14(21)20-11-8-9-12(13(19)10-11)18-23-16(4,5)17(6,7)24-18;1-9(2)10(3,4)16-13(15-9)14-17-11(5,6)12(7,8)18-14;1-11(2,3)16-10(15)14-7-4-5-8(12)9(13)6-7;/h8-10H,1-7H3,(H,20,21);1-8H3;4-6H,1-3H3,(H,14,15);1H4. The monoisotopic (exact) mass is 928 g/mol. The van der Waals surface area contributed by atoms with E-state index in [1.807, 2.05) is 83.1 Å². The first-order valence-electron chi connectivity index (χ1n) is 19.3. The molecule has 2 amide bonds. The number of benzene rings is 2. The maximum absolute atomic E-state index is 11.8. The van der Waals surface area contributed by atoms with E-state index in [1.54, 1.807) is 77.9 Å². The third-order valence-corrected chi connectivity index (χ3v) is 12.0. The summed E-state index contributed by atoms with van der Waals surface area (Å²) in [4.78, 5) is 23.3. The molecule has 59 heavy (non-hydrogen) atoms. The van der Waals surface area contributed by atoms with Crippen LogP contribution in [0.5, 0.6) is 0 Å². The Morgan fingerprint density at radius 3 is 1.17 bits per heavy atom. The number of nitrogens with one attached hydrogen (secondary N) is 2. The zero-order valence-electron chi connectivity index (χ0n) is 37.4. The van der Waals surface area contributed by atoms with Crippen molar-refractivity contribution < 1.29 is 47.0 Å². The normalized spacial score (nSPS) is 20.6. The molecule has 0 aliphatic carbocycles. The lowest BCUT2D eigenvalue weighted by molar-refractivity contribution is 0.00578. The number of hydrogen-bond acceptors (Lipinski definition) is 10. The number of carbonyl (C=O) groups is 2. The highest BCUT2D eigenvalue weighted by Gasteiger charge is 2.63. The molecule has 0 unspecified atom stereocenters. The summed E-state index contributed by atoms with van der Waals surface area (Å²) in [6.45, 7) is 35.0. The maximum Gasteiger partial charge on any atom is 0.496 e. The Balaban J connectivity index is 0.000000310. The number of rotatable bonds is 4. The molecule has 12 nitrogen and oxygen atoms in total. The van der Waals surface area contributed by atoms with Gasteiger partial charge in [0.2, 0.25) is 0 Å². The average Bonchev–Trinajstić information content (AvgIpc) is 3.46. The lowest BCUT2D eigenvalue weighted by Gasteiger charge is -2.32. The van der Waals surface area contributed by atoms with Gasteiger partial charge in [0, 0.05) is 26.3 Å². The van der Waals surface area contributed by atoms with E-state index in [0.29, 0.717) is 21.4 Å². The fourth-order valence-corrected chi connectivity index (χ4v) is 5.88. The summed E-state index contributed by atoms with van der Waals surface area (Å²) < 4.78 is 47.0. The molecule has 0 bridgehead atoms. The molecule has 3 aliphatic rings. The van der Waals surface area contributed by atoms with Crippen molar-refractivity contribution in [3.05, 3.63) is 50.9 Å². The van der Waals surface area contributed by atoms with Crippen LogP contribution in [0.25, 0.3) is 0 Å². The lowest BCUT2D eigenvalue weighted by Crippen LogP contribution is -2.41. The van der Waals surface area contributed by atoms with E-state index in [4.69, 9.17) is 60.6 Å². The summed E-state index contributed by atoms with van der Waals surface area (Å²) in [5, 5.41) is 6.26. The van der Waals surface area contributed by atoms with Gasteiger partial charge in [-0.1, -0.05) is 36.7 Å². The van der Waals surface area contributed by atoms with Crippen LogP contribution in [0.15, 0.2) is 40.9 Å². The highest BCUT2D eigenvalue weighted by atomic mass is 79.9. The number of hydrogen-bond donors (Lipinski definition) is 2. The van der Waals surface area contributed by atoms with Crippen LogP contribution in [0.3, 0.4) is 0 Å². The molecule has 0 saturated carbocycles. The van der Waals surface area contributed by atoms with Crippen molar-refractivity contribution in [1.29, 1.82) is 0 Å². The van der Waals surface area contributed by atoms with Crippen molar-refractivity contribution in [2.75, 3.05) is 10.6 Å². The Kier molecular flexibility index (Phi) is 16.9. The third-order valence-electron chi connectivity index (χ3n) is 10.5. The molecule has 0 spiro atoms. The highest BCUT2D eigenvalue weighted by molar-refractivity contribution is 9.10. The summed E-state index contributed by atoms with van der Waals surface area (Å²) in [5.74, 6) is 0. The molecule has 330 valence electrons. The zero-order valence-corrected chi connectivity index (χ0v) is 40.5. The van der Waals surface area contributed by atoms with Gasteiger partial charge >= 0.3 is 33.3 Å². The van der Waals surface area contributed by atoms with Crippen molar-refractivity contribution in [2.45, 2.75) is 177 Å². The molecule has 3 aliphatic heterocycles. The van der Waals surface area contributed by atoms with Crippen LogP contribution < -0.4 is 16.1 Å². The lowest BCUT2D eigenvalue weighted by atomic mass is 9.49. The van der Waals surface area contributed by atoms with Gasteiger partial charge < -0.3 is 37.4 Å². The van der Waals surface area contributed by atoms with Gasteiger partial charge in [-0.3, -0.25) is 10.6 Å². The third kappa shape index (κ3) is 14.3. The van der Waals surface area contributed by atoms with Gasteiger partial charge in [0.05, 0.1) is 38.6 Å². The number of carbonyl (C=O) groups excluding carboxylic acids is 2. The minimum absolute atomic E-state index is 0. The number of amides is 2. The minimum Gasteiger partial charge on any atom is -0.444 e. The van der Waals surface area contributed by atoms with Gasteiger partial charge in [0.15, 0.2) is 0 Å². The highest BCUT2D eigenvalue weighted by Crippen LogP contribution is 2.43. The Labute approximate surface area is 373 Å². The van der Waals surface area contributed by atoms with Crippen molar-refractivity contribution >= 4 is 89.3 Å². The molecule has 2 aromatic rings. The van der Waals surface area contributed by atoms with Gasteiger partial charge in [-0.05, 0) is 171 Å². The Hall–Kier alpha value is -2.01. The van der Waals surface area contributed by atoms with Gasteiger partial charge in [-0.25, -0.2) is 9.59 Å². The summed E-state index contributed by atoms with van der Waals surface area (Å²) in [6, 6.07) is 10.3. The second-order valence-electron chi connectivity index (χ2n) is 19.5. The minimum atomic E-state index is -0.559. The van der Waals surface area contributed by atoms with E-state index in [0.717, 1.165) is 9.94 Å².